The van der Waals surface area contributed by atoms with E-state index in [4.69, 9.17) is 0 Å². The van der Waals surface area contributed by atoms with Crippen LogP contribution in [0.15, 0.2) is 10.5 Å². The van der Waals surface area contributed by atoms with Gasteiger partial charge in [0.1, 0.15) is 0 Å². The van der Waals surface area contributed by atoms with Gasteiger partial charge in [-0.05, 0) is 37.5 Å². The maximum absolute atomic E-state index is 4.51. The molecular formula is C11H22S. The molecule has 0 atom stereocenters. The minimum Gasteiger partial charge on any atom is -0.148 e. The van der Waals surface area contributed by atoms with Gasteiger partial charge in [0.25, 0.3) is 0 Å². The first-order valence-electron chi connectivity index (χ1n) is 5.09. The summed E-state index contributed by atoms with van der Waals surface area (Å²) in [4.78, 5) is 1.32. The van der Waals surface area contributed by atoms with E-state index < -0.39 is 0 Å². The molecule has 0 radical (unpaired) electrons. The van der Waals surface area contributed by atoms with Crippen LogP contribution in [-0.4, -0.2) is 0 Å². The highest BCUT2D eigenvalue weighted by atomic mass is 32.1. The summed E-state index contributed by atoms with van der Waals surface area (Å²) >= 11 is 4.51. The molecule has 0 N–H and O–H groups in total. The van der Waals surface area contributed by atoms with Crippen molar-refractivity contribution in [2.45, 2.75) is 59.3 Å². The monoisotopic (exact) mass is 186 g/mol. The second-order valence-electron chi connectivity index (χ2n) is 3.43. The maximum atomic E-state index is 4.51. The lowest BCUT2D eigenvalue weighted by molar-refractivity contribution is 0.764. The Kier molecular flexibility index (Phi) is 7.78. The first-order chi connectivity index (χ1) is 5.72. The molecule has 1 heteroatoms. The Morgan fingerprint density at radius 1 is 1.00 bits per heavy atom. The molecular weight excluding hydrogens is 164 g/mol. The summed E-state index contributed by atoms with van der Waals surface area (Å²) in [6.45, 7) is 6.67. The summed E-state index contributed by atoms with van der Waals surface area (Å²) in [5.41, 5.74) is 1.49. The summed E-state index contributed by atoms with van der Waals surface area (Å²) in [6.07, 6.45) is 7.55. The van der Waals surface area contributed by atoms with Crippen LogP contribution in [0.5, 0.6) is 0 Å². The van der Waals surface area contributed by atoms with E-state index in [1.807, 2.05) is 0 Å². The molecule has 0 aromatic rings. The van der Waals surface area contributed by atoms with E-state index in [1.54, 1.807) is 0 Å². The Morgan fingerprint density at radius 3 is 2.00 bits per heavy atom. The van der Waals surface area contributed by atoms with Crippen molar-refractivity contribution in [2.24, 2.45) is 0 Å². The maximum Gasteiger partial charge on any atom is -0.0195 e. The van der Waals surface area contributed by atoms with Crippen LogP contribution in [0.1, 0.15) is 59.3 Å². The quantitative estimate of drug-likeness (QED) is 0.577. The van der Waals surface area contributed by atoms with Crippen molar-refractivity contribution in [3.63, 3.8) is 0 Å². The second kappa shape index (κ2) is 7.72. The zero-order chi connectivity index (χ0) is 9.40. The third-order valence-electron chi connectivity index (χ3n) is 2.17. The van der Waals surface area contributed by atoms with E-state index in [2.05, 4.69) is 33.4 Å². The third kappa shape index (κ3) is 5.70. The Hall–Kier alpha value is 0.0900. The largest absolute Gasteiger partial charge is 0.148 e. The Bertz CT molecular complexity index is 120. The van der Waals surface area contributed by atoms with Gasteiger partial charge < -0.3 is 0 Å². The highest BCUT2D eigenvalue weighted by molar-refractivity contribution is 7.84. The van der Waals surface area contributed by atoms with Crippen LogP contribution >= 0.6 is 12.6 Å². The molecule has 0 unspecified atom stereocenters. The van der Waals surface area contributed by atoms with Crippen molar-refractivity contribution in [2.75, 3.05) is 0 Å². The fraction of sp³-hybridized carbons (Fsp3) is 0.818. The number of hydrogen-bond donors (Lipinski definition) is 1. The molecule has 0 nitrogen and oxygen atoms in total. The topological polar surface area (TPSA) is 0 Å². The minimum absolute atomic E-state index is 1.18. The normalized spacial score (nSPS) is 13.0. The molecule has 0 amide bonds. The van der Waals surface area contributed by atoms with Gasteiger partial charge in [-0.2, -0.15) is 0 Å². The fourth-order valence-corrected chi connectivity index (χ4v) is 1.41. The molecule has 72 valence electrons. The number of hydrogen-bond acceptors (Lipinski definition) is 1. The zero-order valence-electron chi connectivity index (χ0n) is 8.69. The van der Waals surface area contributed by atoms with Crippen molar-refractivity contribution in [3.8, 4) is 0 Å². The van der Waals surface area contributed by atoms with Crippen molar-refractivity contribution in [1.82, 2.24) is 0 Å². The predicted octanol–water partition coefficient (Wildman–Crippen LogP) is 4.57. The number of thiol groups is 1. The molecule has 0 fully saturated rings. The predicted molar refractivity (Wildman–Crippen MR) is 60.7 cm³/mol. The molecule has 0 saturated carbocycles. The first-order valence-corrected chi connectivity index (χ1v) is 5.54. The third-order valence-corrected chi connectivity index (χ3v) is 2.77. The van der Waals surface area contributed by atoms with Crippen LogP contribution in [0.25, 0.3) is 0 Å². The van der Waals surface area contributed by atoms with Crippen molar-refractivity contribution in [1.29, 1.82) is 0 Å². The lowest BCUT2D eigenvalue weighted by Gasteiger charge is -2.05. The van der Waals surface area contributed by atoms with Crippen LogP contribution in [0, 0.1) is 0 Å². The van der Waals surface area contributed by atoms with Gasteiger partial charge in [0.05, 0.1) is 0 Å². The minimum atomic E-state index is 1.18. The molecule has 0 aliphatic rings. The van der Waals surface area contributed by atoms with Crippen LogP contribution in [0.2, 0.25) is 0 Å². The Morgan fingerprint density at radius 2 is 1.50 bits per heavy atom. The Labute approximate surface area is 82.9 Å². The summed E-state index contributed by atoms with van der Waals surface area (Å²) in [5.74, 6) is 0. The van der Waals surface area contributed by atoms with Gasteiger partial charge in [0.2, 0.25) is 0 Å². The highest BCUT2D eigenvalue weighted by Gasteiger charge is 1.96. The van der Waals surface area contributed by atoms with Gasteiger partial charge in [0, 0.05) is 0 Å². The molecule has 0 aromatic carbocycles. The standard InChI is InChI=1S/C11H22S/c1-4-6-8-10(3)11(12)9-7-5-2/h12H,4-9H2,1-3H3/b11-10-. The van der Waals surface area contributed by atoms with Gasteiger partial charge >= 0.3 is 0 Å². The van der Waals surface area contributed by atoms with E-state index >= 15 is 0 Å². The van der Waals surface area contributed by atoms with E-state index in [-0.39, 0.29) is 0 Å². The summed E-state index contributed by atoms with van der Waals surface area (Å²) in [5, 5.41) is 0. The molecule has 0 aliphatic carbocycles. The molecule has 12 heavy (non-hydrogen) atoms. The Balaban J connectivity index is 3.72. The van der Waals surface area contributed by atoms with Gasteiger partial charge in [-0.3, -0.25) is 0 Å². The smallest absolute Gasteiger partial charge is 0.0195 e. The average molecular weight is 186 g/mol. The molecule has 0 aromatic heterocycles. The average Bonchev–Trinajstić information content (AvgIpc) is 2.10. The fourth-order valence-electron chi connectivity index (χ4n) is 1.14. The van der Waals surface area contributed by atoms with Crippen LogP contribution in [0.3, 0.4) is 0 Å². The first kappa shape index (κ1) is 12.1. The molecule has 0 spiro atoms. The van der Waals surface area contributed by atoms with Crippen molar-refractivity contribution in [3.05, 3.63) is 10.5 Å². The van der Waals surface area contributed by atoms with Gasteiger partial charge in [-0.25, -0.2) is 0 Å². The molecule has 0 saturated heterocycles. The highest BCUT2D eigenvalue weighted by Crippen LogP contribution is 2.19. The summed E-state index contributed by atoms with van der Waals surface area (Å²) in [7, 11) is 0. The lowest BCUT2D eigenvalue weighted by Crippen LogP contribution is -1.83. The van der Waals surface area contributed by atoms with E-state index in [0.29, 0.717) is 0 Å². The molecule has 0 heterocycles. The van der Waals surface area contributed by atoms with Crippen LogP contribution in [0.4, 0.5) is 0 Å². The SMILES string of the molecule is CCCC/C(C)=C(\S)CCCC. The molecule has 0 rings (SSSR count). The number of allylic oxidation sites excluding steroid dienone is 2. The van der Waals surface area contributed by atoms with E-state index in [9.17, 15) is 0 Å². The number of rotatable bonds is 6. The second-order valence-corrected chi connectivity index (χ2v) is 3.97. The van der Waals surface area contributed by atoms with Crippen molar-refractivity contribution < 1.29 is 0 Å². The summed E-state index contributed by atoms with van der Waals surface area (Å²) in [6, 6.07) is 0. The molecule has 0 aliphatic heterocycles. The van der Waals surface area contributed by atoms with Crippen LogP contribution in [-0.2, 0) is 0 Å². The van der Waals surface area contributed by atoms with Gasteiger partial charge in [-0.15, -0.1) is 12.6 Å². The van der Waals surface area contributed by atoms with E-state index in [1.165, 1.54) is 49.0 Å². The van der Waals surface area contributed by atoms with Gasteiger partial charge in [-0.1, -0.05) is 32.3 Å². The number of unbranched alkanes of at least 4 members (excludes halogenated alkanes) is 2. The van der Waals surface area contributed by atoms with Crippen LogP contribution < -0.4 is 0 Å². The lowest BCUT2D eigenvalue weighted by atomic mass is 10.1. The molecule has 0 bridgehead atoms. The van der Waals surface area contributed by atoms with Gasteiger partial charge in [0.15, 0.2) is 0 Å². The zero-order valence-corrected chi connectivity index (χ0v) is 9.58. The van der Waals surface area contributed by atoms with Crippen molar-refractivity contribution >= 4 is 12.6 Å². The summed E-state index contributed by atoms with van der Waals surface area (Å²) < 4.78 is 0. The van der Waals surface area contributed by atoms with E-state index in [0.717, 1.165) is 0 Å².